The van der Waals surface area contributed by atoms with E-state index in [1.165, 1.54) is 22.3 Å². The molecule has 0 radical (unpaired) electrons. The van der Waals surface area contributed by atoms with Crippen molar-refractivity contribution < 1.29 is 25.1 Å². The predicted molar refractivity (Wildman–Crippen MR) is 150 cm³/mol. The van der Waals surface area contributed by atoms with Crippen LogP contribution in [0.5, 0.6) is 5.75 Å². The predicted octanol–water partition coefficient (Wildman–Crippen LogP) is 8.92. The topological polar surface area (TPSA) is 18.5 Å². The zero-order chi connectivity index (χ0) is 25.0. The van der Waals surface area contributed by atoms with Gasteiger partial charge in [0.25, 0.3) is 0 Å². The van der Waals surface area contributed by atoms with Gasteiger partial charge in [0.2, 0.25) is 0 Å². The first-order chi connectivity index (χ1) is 16.5. The zero-order valence-corrected chi connectivity index (χ0v) is 25.9. The Morgan fingerprint density at radius 2 is 1.51 bits per heavy atom. The Labute approximate surface area is 217 Å². The maximum absolute atomic E-state index is 8.11. The molecule has 2 nitrogen and oxygen atoms in total. The van der Waals surface area contributed by atoms with Crippen molar-refractivity contribution in [1.82, 2.24) is 0 Å². The molecule has 182 valence electrons. The van der Waals surface area contributed by atoms with Crippen LogP contribution in [-0.4, -0.2) is 18.3 Å². The van der Waals surface area contributed by atoms with Crippen molar-refractivity contribution in [3.05, 3.63) is 95.1 Å². The molecule has 5 rings (SSSR count). The SMILES string of the molecule is C[C](C)=[Zr]([Cl])([Cl])([CH]1C=Cc2ccccc21)[CH]1c2ccccc2-c2cccc(OCO[Si](C)(C)C)c21. The second-order valence-corrected chi connectivity index (χ2v) is 37.2. The normalized spacial score (nSPS) is 18.7. The number of hydrogen-bond donors (Lipinski definition) is 0. The van der Waals surface area contributed by atoms with Crippen LogP contribution in [0.3, 0.4) is 0 Å². The average Bonchev–Trinajstić information content (AvgIpc) is 3.39. The Morgan fingerprint density at radius 1 is 0.857 bits per heavy atom. The summed E-state index contributed by atoms with van der Waals surface area (Å²) in [5.74, 6) is 0.820. The van der Waals surface area contributed by atoms with E-state index in [1.54, 1.807) is 0 Å². The molecule has 0 saturated heterocycles. The molecule has 0 saturated carbocycles. The third-order valence-electron chi connectivity index (χ3n) is 7.48. The van der Waals surface area contributed by atoms with Gasteiger partial charge in [-0.15, -0.1) is 0 Å². The van der Waals surface area contributed by atoms with Crippen molar-refractivity contribution in [2.45, 2.75) is 40.7 Å². The Balaban J connectivity index is 1.75. The fourth-order valence-electron chi connectivity index (χ4n) is 5.66. The fraction of sp³-hybridized carbons (Fsp3) is 0.276. The minimum absolute atomic E-state index is 0.0173. The summed E-state index contributed by atoms with van der Waals surface area (Å²) in [5.41, 5.74) is 7.12. The summed E-state index contributed by atoms with van der Waals surface area (Å²) in [6.45, 7) is 11.0. The van der Waals surface area contributed by atoms with Gasteiger partial charge in [0.05, 0.1) is 0 Å². The van der Waals surface area contributed by atoms with Crippen LogP contribution < -0.4 is 4.74 Å². The van der Waals surface area contributed by atoms with Crippen molar-refractivity contribution in [3.63, 3.8) is 0 Å². The molecule has 2 unspecified atom stereocenters. The number of allylic oxidation sites excluding steroid dienone is 1. The molecule has 3 aromatic rings. The number of halogens is 2. The van der Waals surface area contributed by atoms with E-state index < -0.39 is 24.2 Å². The number of hydrogen-bond acceptors (Lipinski definition) is 2. The molecule has 0 aliphatic heterocycles. The van der Waals surface area contributed by atoms with E-state index in [-0.39, 0.29) is 14.0 Å². The van der Waals surface area contributed by atoms with E-state index in [9.17, 15) is 0 Å². The number of rotatable bonds is 6. The second-order valence-electron chi connectivity index (χ2n) is 10.9. The minimum atomic E-state index is -4.89. The molecule has 0 heterocycles. The van der Waals surface area contributed by atoms with E-state index in [0.717, 1.165) is 20.1 Å². The van der Waals surface area contributed by atoms with Crippen LogP contribution in [0.1, 0.15) is 43.4 Å². The summed E-state index contributed by atoms with van der Waals surface area (Å²) in [5, 5.41) is 0. The maximum atomic E-state index is 8.11. The molecule has 2 aliphatic carbocycles. The first-order valence-corrected chi connectivity index (χ1v) is 26.0. The first-order valence-electron chi connectivity index (χ1n) is 12.2. The summed E-state index contributed by atoms with van der Waals surface area (Å²) in [7, 11) is 14.5. The van der Waals surface area contributed by atoms with Crippen molar-refractivity contribution in [2.24, 2.45) is 0 Å². The standard InChI is InChI=1S/C17H19O2Si.C9H7.C3H6.2ClH.Zr/c1-20(2,3)19-12-18-17-10-6-9-15-14-8-5-4-7-13(14)11-16(15)17;1-2-5-9-7-3-6-8(9)4-1;1-3-2;;;/h4-11H,12H2,1-3H3;1-7H;1-2H3;2*1H;/q;;;;;+2/p-2. The molecule has 2 atom stereocenters. The average molecular weight is 603 g/mol. The molecule has 0 fully saturated rings. The summed E-state index contributed by atoms with van der Waals surface area (Å²) in [6.07, 6.45) is 4.44. The van der Waals surface area contributed by atoms with Crippen LogP contribution in [0.25, 0.3) is 17.2 Å². The van der Waals surface area contributed by atoms with Gasteiger partial charge in [-0.3, -0.25) is 0 Å². The van der Waals surface area contributed by atoms with Gasteiger partial charge >= 0.3 is 219 Å². The van der Waals surface area contributed by atoms with E-state index in [4.69, 9.17) is 26.2 Å². The van der Waals surface area contributed by atoms with Crippen LogP contribution in [0, 0.1) is 0 Å². The van der Waals surface area contributed by atoms with Crippen LogP contribution >= 0.6 is 17.0 Å². The third-order valence-corrected chi connectivity index (χ3v) is 31.1. The molecule has 0 spiro atoms. The molecular weight excluding hydrogens is 571 g/mol. The van der Waals surface area contributed by atoms with Gasteiger partial charge < -0.3 is 0 Å². The quantitative estimate of drug-likeness (QED) is 0.207. The van der Waals surface area contributed by atoms with Gasteiger partial charge in [-0.25, -0.2) is 0 Å². The molecule has 0 bridgehead atoms. The van der Waals surface area contributed by atoms with Gasteiger partial charge in [-0.05, 0) is 0 Å². The molecule has 6 heteroatoms. The number of benzene rings is 3. The van der Waals surface area contributed by atoms with Gasteiger partial charge in [-0.2, -0.15) is 0 Å². The van der Waals surface area contributed by atoms with Crippen molar-refractivity contribution in [1.29, 1.82) is 0 Å². The van der Waals surface area contributed by atoms with Gasteiger partial charge in [0, 0.05) is 0 Å². The van der Waals surface area contributed by atoms with Crippen molar-refractivity contribution in [3.8, 4) is 16.9 Å². The summed E-state index contributed by atoms with van der Waals surface area (Å²) in [4.78, 5) is 0. The fourth-order valence-corrected chi connectivity index (χ4v) is 22.0. The van der Waals surface area contributed by atoms with Crippen LogP contribution in [0.4, 0.5) is 0 Å². The Morgan fingerprint density at radius 3 is 2.23 bits per heavy atom. The van der Waals surface area contributed by atoms with Gasteiger partial charge in [0.15, 0.2) is 0 Å². The van der Waals surface area contributed by atoms with Crippen molar-refractivity contribution in [2.75, 3.05) is 6.79 Å². The molecule has 0 aromatic heterocycles. The summed E-state index contributed by atoms with van der Waals surface area (Å²) >= 11 is -4.89. The van der Waals surface area contributed by atoms with Gasteiger partial charge in [-0.1, -0.05) is 0 Å². The molecule has 35 heavy (non-hydrogen) atoms. The van der Waals surface area contributed by atoms with E-state index in [2.05, 4.69) is 106 Å². The van der Waals surface area contributed by atoms with E-state index in [1.807, 2.05) is 6.07 Å². The summed E-state index contributed by atoms with van der Waals surface area (Å²) < 4.78 is 13.4. The Bertz CT molecular complexity index is 1410. The van der Waals surface area contributed by atoms with Crippen LogP contribution in [-0.2, 0) is 20.3 Å². The Hall–Kier alpha value is -1.29. The molecule has 2 aliphatic rings. The number of ether oxygens (including phenoxy) is 1. The molecule has 0 N–H and O–H groups in total. The number of fused-ring (bicyclic) bond motifs is 4. The van der Waals surface area contributed by atoms with Crippen molar-refractivity contribution >= 4 is 34.6 Å². The second kappa shape index (κ2) is 8.92. The van der Waals surface area contributed by atoms with Crippen LogP contribution in [0.2, 0.25) is 19.6 Å². The first kappa shape index (κ1) is 25.4. The van der Waals surface area contributed by atoms with Crippen LogP contribution in [0.15, 0.2) is 72.8 Å². The van der Waals surface area contributed by atoms with E-state index >= 15 is 0 Å². The van der Waals surface area contributed by atoms with Gasteiger partial charge in [0.1, 0.15) is 0 Å². The third kappa shape index (κ3) is 4.10. The molecular formula is C29H32Cl2O2SiZr. The van der Waals surface area contributed by atoms with E-state index in [0.29, 0.717) is 0 Å². The zero-order valence-electron chi connectivity index (χ0n) is 20.9. The summed E-state index contributed by atoms with van der Waals surface area (Å²) in [6, 6.07) is 23.3. The molecule has 3 aromatic carbocycles. The Kier molecular flexibility index (Phi) is 6.47. The molecule has 0 amide bonds. The monoisotopic (exact) mass is 600 g/mol.